The molecule has 0 aromatic heterocycles. The van der Waals surface area contributed by atoms with Crippen molar-refractivity contribution in [3.63, 3.8) is 0 Å². The molecule has 2 aromatic carbocycles. The maximum atomic E-state index is 11.9. The number of amides is 2. The predicted molar refractivity (Wildman–Crippen MR) is 91.7 cm³/mol. The fourth-order valence-corrected chi connectivity index (χ4v) is 2.94. The first-order valence-corrected chi connectivity index (χ1v) is 7.88. The second kappa shape index (κ2) is 6.32. The Morgan fingerprint density at radius 2 is 2.00 bits per heavy atom. The lowest BCUT2D eigenvalue weighted by atomic mass is 9.96. The Balaban J connectivity index is 1.99. The molecule has 3 rings (SSSR count). The lowest BCUT2D eigenvalue weighted by molar-refractivity contribution is 0.190. The summed E-state index contributed by atoms with van der Waals surface area (Å²) in [7, 11) is 1.65. The number of nitrogens with zero attached hydrogens (tertiary/aromatic N) is 1. The van der Waals surface area contributed by atoms with Gasteiger partial charge in [-0.25, -0.2) is 4.79 Å². The van der Waals surface area contributed by atoms with Gasteiger partial charge in [0, 0.05) is 12.6 Å². The lowest BCUT2D eigenvalue weighted by Gasteiger charge is -2.19. The number of urea groups is 1. The normalized spacial score (nSPS) is 13.8. The zero-order valence-electron chi connectivity index (χ0n) is 13.8. The van der Waals surface area contributed by atoms with E-state index in [1.807, 2.05) is 6.07 Å². The molecule has 1 aliphatic rings. The second-order valence-electron chi connectivity index (χ2n) is 5.97. The van der Waals surface area contributed by atoms with Crippen molar-refractivity contribution in [2.24, 2.45) is 0 Å². The summed E-state index contributed by atoms with van der Waals surface area (Å²) in [4.78, 5) is 13.7. The standard InChI is InChI=1S/C19H22N2O2/c1-13-4-5-14(2)17(10-13)15-6-7-18-16(11-15)12-21(8-9-23-18)19(22)20-3/h4-7,10-11H,8-9,12H2,1-3H3,(H,20,22). The molecule has 1 N–H and O–H groups in total. The molecule has 0 bridgehead atoms. The monoisotopic (exact) mass is 310 g/mol. The maximum Gasteiger partial charge on any atom is 0.317 e. The summed E-state index contributed by atoms with van der Waals surface area (Å²) in [5.74, 6) is 0.866. The number of benzene rings is 2. The molecule has 4 heteroatoms. The van der Waals surface area contributed by atoms with Crippen molar-refractivity contribution < 1.29 is 9.53 Å². The average molecular weight is 310 g/mol. The summed E-state index contributed by atoms with van der Waals surface area (Å²) in [6, 6.07) is 12.6. The number of carbonyl (C=O) groups excluding carboxylic acids is 1. The van der Waals surface area contributed by atoms with Crippen LogP contribution in [0.1, 0.15) is 16.7 Å². The van der Waals surface area contributed by atoms with E-state index in [9.17, 15) is 4.79 Å². The molecular weight excluding hydrogens is 288 g/mol. The van der Waals surface area contributed by atoms with E-state index in [1.54, 1.807) is 11.9 Å². The van der Waals surface area contributed by atoms with Crippen LogP contribution in [0.2, 0.25) is 0 Å². The maximum absolute atomic E-state index is 11.9. The molecule has 0 radical (unpaired) electrons. The molecule has 0 saturated carbocycles. The van der Waals surface area contributed by atoms with Crippen LogP contribution in [0.15, 0.2) is 36.4 Å². The molecule has 23 heavy (non-hydrogen) atoms. The Morgan fingerprint density at radius 3 is 2.78 bits per heavy atom. The summed E-state index contributed by atoms with van der Waals surface area (Å²) >= 11 is 0. The van der Waals surface area contributed by atoms with Crippen LogP contribution >= 0.6 is 0 Å². The summed E-state index contributed by atoms with van der Waals surface area (Å²) in [5, 5.41) is 2.69. The largest absolute Gasteiger partial charge is 0.491 e. The van der Waals surface area contributed by atoms with Crippen LogP contribution in [-0.2, 0) is 6.54 Å². The number of carbonyl (C=O) groups is 1. The molecule has 2 amide bonds. The minimum Gasteiger partial charge on any atom is -0.491 e. The SMILES string of the molecule is CNC(=O)N1CCOc2ccc(-c3cc(C)ccc3C)cc2C1. The van der Waals surface area contributed by atoms with Crippen LogP contribution in [-0.4, -0.2) is 31.1 Å². The van der Waals surface area contributed by atoms with Crippen LogP contribution in [0.4, 0.5) is 4.79 Å². The van der Waals surface area contributed by atoms with Crippen LogP contribution < -0.4 is 10.1 Å². The first-order chi connectivity index (χ1) is 11.1. The summed E-state index contributed by atoms with van der Waals surface area (Å²) < 4.78 is 5.80. The van der Waals surface area contributed by atoms with E-state index in [4.69, 9.17) is 4.74 Å². The van der Waals surface area contributed by atoms with Crippen LogP contribution in [0, 0.1) is 13.8 Å². The van der Waals surface area contributed by atoms with Gasteiger partial charge in [-0.2, -0.15) is 0 Å². The third-order valence-corrected chi connectivity index (χ3v) is 4.25. The highest BCUT2D eigenvalue weighted by atomic mass is 16.5. The van der Waals surface area contributed by atoms with Gasteiger partial charge in [-0.1, -0.05) is 29.8 Å². The van der Waals surface area contributed by atoms with Crippen molar-refractivity contribution >= 4 is 6.03 Å². The Kier molecular flexibility index (Phi) is 4.24. The molecule has 120 valence electrons. The number of hydrogen-bond acceptors (Lipinski definition) is 2. The number of aryl methyl sites for hydroxylation is 2. The van der Waals surface area contributed by atoms with Gasteiger partial charge in [-0.3, -0.25) is 0 Å². The summed E-state index contributed by atoms with van der Waals surface area (Å²) in [6.07, 6.45) is 0. The minimum atomic E-state index is -0.0708. The molecule has 0 spiro atoms. The number of fused-ring (bicyclic) bond motifs is 1. The van der Waals surface area contributed by atoms with Gasteiger partial charge in [0.05, 0.1) is 13.1 Å². The van der Waals surface area contributed by atoms with Crippen LogP contribution in [0.5, 0.6) is 5.75 Å². The average Bonchev–Trinajstić information content (AvgIpc) is 2.78. The molecular formula is C19H22N2O2. The molecule has 4 nitrogen and oxygen atoms in total. The highest BCUT2D eigenvalue weighted by Gasteiger charge is 2.19. The van der Waals surface area contributed by atoms with Gasteiger partial charge in [0.1, 0.15) is 12.4 Å². The van der Waals surface area contributed by atoms with Crippen molar-refractivity contribution in [1.82, 2.24) is 10.2 Å². The summed E-state index contributed by atoms with van der Waals surface area (Å²) in [6.45, 7) is 5.89. The molecule has 0 atom stereocenters. The van der Waals surface area contributed by atoms with Crippen molar-refractivity contribution in [3.05, 3.63) is 53.1 Å². The van der Waals surface area contributed by atoms with E-state index < -0.39 is 0 Å². The highest BCUT2D eigenvalue weighted by molar-refractivity contribution is 5.74. The molecule has 1 heterocycles. The van der Waals surface area contributed by atoms with Crippen LogP contribution in [0.25, 0.3) is 11.1 Å². The zero-order valence-corrected chi connectivity index (χ0v) is 13.8. The van der Waals surface area contributed by atoms with Crippen LogP contribution in [0.3, 0.4) is 0 Å². The zero-order chi connectivity index (χ0) is 16.4. The van der Waals surface area contributed by atoms with Crippen molar-refractivity contribution in [2.75, 3.05) is 20.2 Å². The van der Waals surface area contributed by atoms with Gasteiger partial charge in [-0.15, -0.1) is 0 Å². The Bertz CT molecular complexity index is 740. The van der Waals surface area contributed by atoms with Gasteiger partial charge in [0.2, 0.25) is 0 Å². The van der Waals surface area contributed by atoms with Gasteiger partial charge in [-0.05, 0) is 42.7 Å². The van der Waals surface area contributed by atoms with Crippen molar-refractivity contribution in [1.29, 1.82) is 0 Å². The minimum absolute atomic E-state index is 0.0708. The Labute approximate surface area is 137 Å². The van der Waals surface area contributed by atoms with Gasteiger partial charge in [0.15, 0.2) is 0 Å². The van der Waals surface area contributed by atoms with Gasteiger partial charge >= 0.3 is 6.03 Å². The quantitative estimate of drug-likeness (QED) is 0.876. The van der Waals surface area contributed by atoms with Gasteiger partial charge < -0.3 is 15.0 Å². The highest BCUT2D eigenvalue weighted by Crippen LogP contribution is 2.31. The molecule has 0 unspecified atom stereocenters. The third kappa shape index (κ3) is 3.16. The van der Waals surface area contributed by atoms with E-state index in [2.05, 4.69) is 49.5 Å². The predicted octanol–water partition coefficient (Wildman–Crippen LogP) is 3.50. The molecule has 0 fully saturated rings. The van der Waals surface area contributed by atoms with E-state index in [0.717, 1.165) is 16.9 Å². The number of nitrogens with one attached hydrogen (secondary N) is 1. The van der Waals surface area contributed by atoms with Crippen molar-refractivity contribution in [3.8, 4) is 16.9 Å². The number of hydrogen-bond donors (Lipinski definition) is 1. The summed E-state index contributed by atoms with van der Waals surface area (Å²) in [5.41, 5.74) is 5.91. The first kappa shape index (κ1) is 15.4. The number of rotatable bonds is 1. The smallest absolute Gasteiger partial charge is 0.317 e. The van der Waals surface area contributed by atoms with Crippen molar-refractivity contribution in [2.45, 2.75) is 20.4 Å². The second-order valence-corrected chi connectivity index (χ2v) is 5.97. The topological polar surface area (TPSA) is 41.6 Å². The molecule has 1 aliphatic heterocycles. The molecule has 2 aromatic rings. The fraction of sp³-hybridized carbons (Fsp3) is 0.316. The number of ether oxygens (including phenoxy) is 1. The third-order valence-electron chi connectivity index (χ3n) is 4.25. The van der Waals surface area contributed by atoms with Gasteiger partial charge in [0.25, 0.3) is 0 Å². The van der Waals surface area contributed by atoms with E-state index in [1.165, 1.54) is 16.7 Å². The fourth-order valence-electron chi connectivity index (χ4n) is 2.94. The van der Waals surface area contributed by atoms with E-state index in [-0.39, 0.29) is 6.03 Å². The van der Waals surface area contributed by atoms with E-state index >= 15 is 0 Å². The molecule has 0 saturated heterocycles. The first-order valence-electron chi connectivity index (χ1n) is 7.88. The Morgan fingerprint density at radius 1 is 1.17 bits per heavy atom. The lowest BCUT2D eigenvalue weighted by Crippen LogP contribution is -2.38. The van der Waals surface area contributed by atoms with E-state index in [0.29, 0.717) is 19.7 Å². The molecule has 0 aliphatic carbocycles. The Hall–Kier alpha value is -2.49.